The number of ketones is 2. The highest BCUT2D eigenvalue weighted by Crippen LogP contribution is 2.55. The molecule has 0 heterocycles. The first-order valence-electron chi connectivity index (χ1n) is 10.0. The Bertz CT molecular complexity index is 1140. The maximum atomic E-state index is 13.3. The summed E-state index contributed by atoms with van der Waals surface area (Å²) in [6, 6.07) is 3.17. The number of fused-ring (bicyclic) bond motifs is 3. The molecule has 1 aromatic carbocycles. The minimum atomic E-state index is -2.89. The Hall–Kier alpha value is -3.21. The molecule has 0 fully saturated rings. The molecule has 0 aliphatic heterocycles. The van der Waals surface area contributed by atoms with E-state index < -0.39 is 75.6 Å². The fraction of sp³-hybridized carbons (Fsp3) is 0.409. The van der Waals surface area contributed by atoms with Crippen molar-refractivity contribution in [3.05, 3.63) is 52.0 Å². The van der Waals surface area contributed by atoms with Crippen LogP contribution in [0.2, 0.25) is 0 Å². The van der Waals surface area contributed by atoms with Crippen molar-refractivity contribution in [1.82, 2.24) is 4.90 Å². The van der Waals surface area contributed by atoms with Crippen LogP contribution in [-0.2, 0) is 9.59 Å². The van der Waals surface area contributed by atoms with Crippen LogP contribution in [0.15, 0.2) is 40.9 Å². The van der Waals surface area contributed by atoms with Crippen LogP contribution in [-0.4, -0.2) is 79.7 Å². The van der Waals surface area contributed by atoms with Crippen LogP contribution in [0.3, 0.4) is 0 Å². The largest absolute Gasteiger partial charge is 0.510 e. The molecule has 7 N–H and O–H groups in total. The van der Waals surface area contributed by atoms with Crippen LogP contribution in [0, 0.1) is 11.8 Å². The van der Waals surface area contributed by atoms with Gasteiger partial charge in [-0.1, -0.05) is 19.1 Å². The number of aliphatic hydroxyl groups excluding tert-OH is 3. The third kappa shape index (κ3) is 2.48. The molecule has 32 heavy (non-hydrogen) atoms. The van der Waals surface area contributed by atoms with Gasteiger partial charge >= 0.3 is 0 Å². The number of Topliss-reactive ketones (excluding diaryl/α,β-unsaturated/α-hetero) is 2. The van der Waals surface area contributed by atoms with Crippen molar-refractivity contribution in [3.63, 3.8) is 0 Å². The van der Waals surface area contributed by atoms with Crippen molar-refractivity contribution < 1.29 is 39.9 Å². The molecule has 0 saturated heterocycles. The van der Waals surface area contributed by atoms with Gasteiger partial charge in [-0.05, 0) is 31.6 Å². The lowest BCUT2D eigenvalue weighted by Gasteiger charge is -2.53. The fourth-order valence-corrected chi connectivity index (χ4v) is 5.58. The Balaban J connectivity index is 2.06. The molecule has 0 bridgehead atoms. The predicted molar refractivity (Wildman–Crippen MR) is 110 cm³/mol. The van der Waals surface area contributed by atoms with E-state index in [4.69, 9.17) is 5.73 Å². The smallest absolute Gasteiger partial charge is 0.255 e. The number of nitrogens with two attached hydrogens (primary N) is 1. The van der Waals surface area contributed by atoms with Gasteiger partial charge in [-0.3, -0.25) is 19.3 Å². The molecule has 10 heteroatoms. The molecule has 0 saturated carbocycles. The summed E-state index contributed by atoms with van der Waals surface area (Å²) < 4.78 is 0. The monoisotopic (exact) mass is 444 g/mol. The van der Waals surface area contributed by atoms with Crippen LogP contribution in [0.25, 0.3) is 0 Å². The van der Waals surface area contributed by atoms with Gasteiger partial charge < -0.3 is 31.3 Å². The van der Waals surface area contributed by atoms with Gasteiger partial charge in [0.1, 0.15) is 22.8 Å². The lowest BCUT2D eigenvalue weighted by molar-refractivity contribution is -0.162. The first kappa shape index (κ1) is 22.0. The molecule has 0 radical (unpaired) electrons. The van der Waals surface area contributed by atoms with E-state index in [1.807, 2.05) is 0 Å². The average molecular weight is 444 g/mol. The number of amides is 1. The molecule has 4 rings (SSSR count). The van der Waals surface area contributed by atoms with E-state index in [0.29, 0.717) is 5.56 Å². The fourth-order valence-electron chi connectivity index (χ4n) is 5.58. The average Bonchev–Trinajstić information content (AvgIpc) is 2.70. The van der Waals surface area contributed by atoms with E-state index >= 15 is 0 Å². The highest BCUT2D eigenvalue weighted by atomic mass is 16.4. The Kier molecular flexibility index (Phi) is 4.74. The third-order valence-corrected chi connectivity index (χ3v) is 7.00. The Labute approximate surface area is 182 Å². The molecule has 1 aromatic rings. The molecule has 3 unspecified atom stereocenters. The second-order valence-electron chi connectivity index (χ2n) is 8.79. The zero-order chi connectivity index (χ0) is 23.9. The second kappa shape index (κ2) is 6.89. The highest BCUT2D eigenvalue weighted by Gasteiger charge is 2.67. The summed E-state index contributed by atoms with van der Waals surface area (Å²) in [6.45, 7) is 1.68. The number of aromatic hydroxyl groups is 1. The van der Waals surface area contributed by atoms with Crippen molar-refractivity contribution in [1.29, 1.82) is 0 Å². The number of benzene rings is 1. The summed E-state index contributed by atoms with van der Waals surface area (Å²) >= 11 is 0. The van der Waals surface area contributed by atoms with E-state index in [1.165, 1.54) is 25.1 Å². The summed E-state index contributed by atoms with van der Waals surface area (Å²) in [5, 5.41) is 55.0. The molecule has 0 aromatic heterocycles. The maximum Gasteiger partial charge on any atom is 0.255 e. The summed E-state index contributed by atoms with van der Waals surface area (Å²) in [5.74, 6) is -8.86. The summed E-state index contributed by atoms with van der Waals surface area (Å²) in [7, 11) is 2.98. The first-order valence-corrected chi connectivity index (χ1v) is 10.0. The number of likely N-dealkylation sites (N-methyl/N-ethyl adjacent to an activating group) is 1. The number of primary amides is 1. The summed E-state index contributed by atoms with van der Waals surface area (Å²) in [6.07, 6.45) is -1.59. The standard InChI is InChI=1S/C22H24N2O8/c1-7-8-5-4-6-9(25)11(8)16(26)12-10(7)17(27)14-15(24(2)3)18(28)13(21(23)31)20(30)22(14,32)19(12)29/h4-7,10,14-15,17,25,27-29,32H,1-3H3,(H2,23,31)/t7-,10?,14?,15?,17-,22-/m0/s1. The molecule has 1 amide bonds. The van der Waals surface area contributed by atoms with E-state index in [2.05, 4.69) is 0 Å². The van der Waals surface area contributed by atoms with Crippen LogP contribution in [0.5, 0.6) is 5.75 Å². The Morgan fingerprint density at radius 2 is 1.78 bits per heavy atom. The molecule has 6 atom stereocenters. The lowest BCUT2D eigenvalue weighted by atomic mass is 9.55. The predicted octanol–water partition coefficient (Wildman–Crippen LogP) is -0.348. The van der Waals surface area contributed by atoms with Crippen molar-refractivity contribution in [2.45, 2.75) is 30.6 Å². The number of aliphatic hydroxyl groups is 4. The molecule has 3 aliphatic rings. The van der Waals surface area contributed by atoms with Crippen LogP contribution in [0.1, 0.15) is 28.8 Å². The van der Waals surface area contributed by atoms with Crippen molar-refractivity contribution in [2.75, 3.05) is 14.1 Å². The Morgan fingerprint density at radius 3 is 2.34 bits per heavy atom. The molecular formula is C22H24N2O8. The number of carbonyl (C=O) groups excluding carboxylic acids is 3. The van der Waals surface area contributed by atoms with Gasteiger partial charge in [0, 0.05) is 11.5 Å². The highest BCUT2D eigenvalue weighted by molar-refractivity contribution is 6.25. The van der Waals surface area contributed by atoms with Crippen LogP contribution < -0.4 is 5.73 Å². The number of phenols is 1. The number of nitrogens with zero attached hydrogens (tertiary/aromatic N) is 1. The van der Waals surface area contributed by atoms with E-state index in [9.17, 15) is 39.9 Å². The SMILES string of the molecule is C[C@H]1c2cccc(O)c2C(=O)C2=C(O)[C@]3(O)C(=O)C(C(N)=O)=C(O)C(N(C)C)C3[C@@H](O)C21. The van der Waals surface area contributed by atoms with Crippen LogP contribution in [0.4, 0.5) is 0 Å². The molecule has 10 nitrogen and oxygen atoms in total. The quantitative estimate of drug-likeness (QED) is 0.332. The van der Waals surface area contributed by atoms with Crippen molar-refractivity contribution >= 4 is 17.5 Å². The second-order valence-corrected chi connectivity index (χ2v) is 8.79. The molecule has 170 valence electrons. The first-order chi connectivity index (χ1) is 14.9. The zero-order valence-electron chi connectivity index (χ0n) is 17.6. The summed E-state index contributed by atoms with van der Waals surface area (Å²) in [5.41, 5.74) is 1.36. The van der Waals surface area contributed by atoms with E-state index in [1.54, 1.807) is 19.1 Å². The van der Waals surface area contributed by atoms with Crippen molar-refractivity contribution in [3.8, 4) is 5.75 Å². The topological polar surface area (TPSA) is 182 Å². The number of rotatable bonds is 2. The van der Waals surface area contributed by atoms with Gasteiger partial charge in [-0.25, -0.2) is 0 Å². The van der Waals surface area contributed by atoms with Crippen molar-refractivity contribution in [2.24, 2.45) is 17.6 Å². The van der Waals surface area contributed by atoms with Crippen LogP contribution >= 0.6 is 0 Å². The lowest BCUT2D eigenvalue weighted by Crippen LogP contribution is -2.68. The zero-order valence-corrected chi connectivity index (χ0v) is 17.6. The molecule has 3 aliphatic carbocycles. The van der Waals surface area contributed by atoms with Gasteiger partial charge in [0.05, 0.1) is 23.6 Å². The molecule has 0 spiro atoms. The van der Waals surface area contributed by atoms with Gasteiger partial charge in [-0.15, -0.1) is 0 Å². The minimum Gasteiger partial charge on any atom is -0.510 e. The summed E-state index contributed by atoms with van der Waals surface area (Å²) in [4.78, 5) is 39.8. The Morgan fingerprint density at radius 1 is 1.16 bits per heavy atom. The molecular weight excluding hydrogens is 420 g/mol. The van der Waals surface area contributed by atoms with E-state index in [-0.39, 0.29) is 11.3 Å². The van der Waals surface area contributed by atoms with Gasteiger partial charge in [0.15, 0.2) is 11.4 Å². The van der Waals surface area contributed by atoms with Gasteiger partial charge in [0.2, 0.25) is 5.78 Å². The van der Waals surface area contributed by atoms with Gasteiger partial charge in [-0.2, -0.15) is 0 Å². The van der Waals surface area contributed by atoms with Gasteiger partial charge in [0.25, 0.3) is 5.91 Å². The number of phenolic OH excluding ortho intramolecular Hbond substituents is 1. The van der Waals surface area contributed by atoms with E-state index in [0.717, 1.165) is 0 Å². The third-order valence-electron chi connectivity index (χ3n) is 7.00. The number of carbonyl (C=O) groups is 3. The normalized spacial score (nSPS) is 34.4. The number of hydrogen-bond donors (Lipinski definition) is 6. The number of hydrogen-bond acceptors (Lipinski definition) is 9. The minimum absolute atomic E-state index is 0.104. The maximum absolute atomic E-state index is 13.3.